The van der Waals surface area contributed by atoms with Gasteiger partial charge in [0.2, 0.25) is 0 Å². The van der Waals surface area contributed by atoms with Crippen LogP contribution in [0.4, 0.5) is 0 Å². The highest BCUT2D eigenvalue weighted by Crippen LogP contribution is 2.66. The minimum atomic E-state index is -1.21. The molecule has 8 nitrogen and oxygen atoms in total. The predicted octanol–water partition coefficient (Wildman–Crippen LogP) is 2.07. The number of carbonyl (C=O) groups excluding carboxylic acids is 2. The molecule has 3 fully saturated rings. The monoisotopic (exact) mass is 422 g/mol. The highest BCUT2D eigenvalue weighted by atomic mass is 16.6. The maximum atomic E-state index is 12.8. The number of rotatable bonds is 3. The number of hydrogen-bond donors (Lipinski definition) is 2. The van der Waals surface area contributed by atoms with E-state index in [-0.39, 0.29) is 11.5 Å². The fraction of sp³-hybridized carbons (Fsp3) is 0.727. The highest BCUT2D eigenvalue weighted by molar-refractivity contribution is 5.89. The van der Waals surface area contributed by atoms with Gasteiger partial charge in [0, 0.05) is 12.8 Å². The average Bonchev–Trinajstić information content (AvgIpc) is 3.23. The topological polar surface area (TPSA) is 115 Å². The van der Waals surface area contributed by atoms with Crippen molar-refractivity contribution in [2.24, 2.45) is 17.3 Å². The Labute approximate surface area is 175 Å². The molecule has 2 bridgehead atoms. The molecule has 8 atom stereocenters. The van der Waals surface area contributed by atoms with Crippen molar-refractivity contribution in [2.45, 2.75) is 83.1 Å². The maximum absolute atomic E-state index is 12.8. The number of aliphatic hydroxyl groups excluding tert-OH is 2. The Morgan fingerprint density at radius 2 is 1.87 bits per heavy atom. The number of hydrogen-bond acceptors (Lipinski definition) is 8. The fourth-order valence-electron chi connectivity index (χ4n) is 6.41. The Hall–Kier alpha value is -1.90. The largest absolute Gasteiger partial charge is 0.472 e. The molecule has 1 saturated heterocycles. The van der Waals surface area contributed by atoms with E-state index in [0.29, 0.717) is 12.8 Å². The van der Waals surface area contributed by atoms with Crippen molar-refractivity contribution >= 4 is 11.9 Å². The van der Waals surface area contributed by atoms with Gasteiger partial charge in [-0.1, -0.05) is 6.92 Å². The predicted molar refractivity (Wildman–Crippen MR) is 103 cm³/mol. The zero-order chi connectivity index (χ0) is 22.1. The molecule has 0 aromatic carbocycles. The molecule has 166 valence electrons. The summed E-state index contributed by atoms with van der Waals surface area (Å²) < 4.78 is 23.1. The first-order valence-corrected chi connectivity index (χ1v) is 10.4. The van der Waals surface area contributed by atoms with Crippen LogP contribution >= 0.6 is 0 Å². The normalized spacial score (nSPS) is 44.2. The molecule has 3 aliphatic rings. The van der Waals surface area contributed by atoms with Crippen molar-refractivity contribution < 1.29 is 38.4 Å². The van der Waals surface area contributed by atoms with Gasteiger partial charge in [-0.2, -0.15) is 0 Å². The van der Waals surface area contributed by atoms with Crippen LogP contribution in [-0.2, 0) is 19.0 Å². The molecule has 2 aliphatic carbocycles. The maximum Gasteiger partial charge on any atom is 0.341 e. The molecule has 0 radical (unpaired) electrons. The third-order valence-electron chi connectivity index (χ3n) is 7.69. The van der Waals surface area contributed by atoms with Gasteiger partial charge in [-0.05, 0) is 45.6 Å². The standard InChI is InChI=1S/C22H30O8/c1-11-6-7-14(28-12(2)23)21(5)18(29-19(26)13-8-9-27-10-13)16(24)15-17(25)22(11,21)30-20(15,3)4/h8-11,14-18,24-25H,6-7H2,1-5H3/t11-,14+,15-,16-,17-,18+,21+,22-/m1/s1. The molecule has 2 saturated carbocycles. The lowest BCUT2D eigenvalue weighted by atomic mass is 9.48. The molecule has 30 heavy (non-hydrogen) atoms. The third kappa shape index (κ3) is 2.63. The lowest BCUT2D eigenvalue weighted by Crippen LogP contribution is -2.76. The van der Waals surface area contributed by atoms with Gasteiger partial charge in [0.15, 0.2) is 0 Å². The molecular weight excluding hydrogens is 392 g/mol. The van der Waals surface area contributed by atoms with Crippen molar-refractivity contribution in [2.75, 3.05) is 0 Å². The second kappa shape index (κ2) is 6.80. The lowest BCUT2D eigenvalue weighted by molar-refractivity contribution is -0.295. The first-order chi connectivity index (χ1) is 14.0. The fourth-order valence-corrected chi connectivity index (χ4v) is 6.41. The van der Waals surface area contributed by atoms with Gasteiger partial charge in [0.25, 0.3) is 0 Å². The first kappa shape index (κ1) is 21.3. The van der Waals surface area contributed by atoms with Crippen LogP contribution in [0, 0.1) is 17.3 Å². The van der Waals surface area contributed by atoms with E-state index in [9.17, 15) is 19.8 Å². The van der Waals surface area contributed by atoms with Crippen LogP contribution in [0.15, 0.2) is 23.0 Å². The van der Waals surface area contributed by atoms with Gasteiger partial charge < -0.3 is 28.8 Å². The zero-order valence-corrected chi connectivity index (χ0v) is 18.0. The van der Waals surface area contributed by atoms with Gasteiger partial charge in [0.1, 0.15) is 24.1 Å². The molecule has 0 amide bonds. The summed E-state index contributed by atoms with van der Waals surface area (Å²) in [6.45, 7) is 8.73. The number of furan rings is 1. The van der Waals surface area contributed by atoms with Gasteiger partial charge in [-0.3, -0.25) is 4.79 Å². The van der Waals surface area contributed by atoms with Crippen LogP contribution in [0.25, 0.3) is 0 Å². The zero-order valence-electron chi connectivity index (χ0n) is 18.0. The van der Waals surface area contributed by atoms with E-state index in [4.69, 9.17) is 18.6 Å². The van der Waals surface area contributed by atoms with E-state index >= 15 is 0 Å². The van der Waals surface area contributed by atoms with Crippen molar-refractivity contribution in [1.82, 2.24) is 0 Å². The molecule has 1 aromatic rings. The minimum Gasteiger partial charge on any atom is -0.472 e. The Bertz CT molecular complexity index is 832. The Morgan fingerprint density at radius 3 is 2.47 bits per heavy atom. The molecule has 0 unspecified atom stereocenters. The van der Waals surface area contributed by atoms with Crippen molar-refractivity contribution in [3.63, 3.8) is 0 Å². The number of aliphatic hydroxyl groups is 2. The lowest BCUT2D eigenvalue weighted by Gasteiger charge is -2.62. The number of carbonyl (C=O) groups is 2. The van der Waals surface area contributed by atoms with Crippen LogP contribution < -0.4 is 0 Å². The van der Waals surface area contributed by atoms with Crippen LogP contribution in [-0.4, -0.2) is 57.8 Å². The van der Waals surface area contributed by atoms with E-state index in [2.05, 4.69) is 0 Å². The summed E-state index contributed by atoms with van der Waals surface area (Å²) in [5.41, 5.74) is -2.98. The summed E-state index contributed by atoms with van der Waals surface area (Å²) in [6.07, 6.45) is -0.180. The van der Waals surface area contributed by atoms with Crippen LogP contribution in [0.3, 0.4) is 0 Å². The van der Waals surface area contributed by atoms with E-state index in [1.54, 1.807) is 6.92 Å². The van der Waals surface area contributed by atoms with Gasteiger partial charge in [-0.25, -0.2) is 4.79 Å². The molecule has 4 rings (SSSR count). The van der Waals surface area contributed by atoms with Crippen molar-refractivity contribution in [3.05, 3.63) is 24.2 Å². The molecule has 1 aromatic heterocycles. The summed E-state index contributed by atoms with van der Waals surface area (Å²) in [5.74, 6) is -1.92. The smallest absolute Gasteiger partial charge is 0.341 e. The van der Waals surface area contributed by atoms with Gasteiger partial charge in [-0.15, -0.1) is 0 Å². The second-order valence-corrected chi connectivity index (χ2v) is 9.66. The van der Waals surface area contributed by atoms with Gasteiger partial charge >= 0.3 is 11.9 Å². The summed E-state index contributed by atoms with van der Waals surface area (Å²) >= 11 is 0. The van der Waals surface area contributed by atoms with E-state index in [0.717, 1.165) is 0 Å². The summed E-state index contributed by atoms with van der Waals surface area (Å²) in [6, 6.07) is 1.48. The van der Waals surface area contributed by atoms with E-state index in [1.807, 2.05) is 20.8 Å². The van der Waals surface area contributed by atoms with Crippen LogP contribution in [0.5, 0.6) is 0 Å². The third-order valence-corrected chi connectivity index (χ3v) is 7.69. The Morgan fingerprint density at radius 1 is 1.17 bits per heavy atom. The summed E-state index contributed by atoms with van der Waals surface area (Å²) in [4.78, 5) is 24.7. The molecule has 2 N–H and O–H groups in total. The summed E-state index contributed by atoms with van der Waals surface area (Å²) in [7, 11) is 0. The molecule has 8 heteroatoms. The van der Waals surface area contributed by atoms with Gasteiger partial charge in [0.05, 0.1) is 35.1 Å². The summed E-state index contributed by atoms with van der Waals surface area (Å²) in [5, 5.41) is 22.8. The molecular formula is C22H30O8. The number of ether oxygens (including phenoxy) is 3. The van der Waals surface area contributed by atoms with Crippen molar-refractivity contribution in [1.29, 1.82) is 0 Å². The SMILES string of the molecule is CC(=O)O[C@H]1CC[C@@H](C)[C@]23OC(C)(C)[C@H]([C@@H](O)[C@H](OC(=O)c4ccoc4)[C@]12C)[C@H]3O. The molecule has 1 aliphatic heterocycles. The highest BCUT2D eigenvalue weighted by Gasteiger charge is 2.80. The average molecular weight is 422 g/mol. The minimum absolute atomic E-state index is 0.115. The first-order valence-electron chi connectivity index (χ1n) is 10.4. The van der Waals surface area contributed by atoms with E-state index < -0.39 is 58.9 Å². The number of fused-ring (bicyclic) bond motifs is 1. The van der Waals surface area contributed by atoms with Crippen LogP contribution in [0.1, 0.15) is 57.8 Å². The van der Waals surface area contributed by atoms with Crippen molar-refractivity contribution in [3.8, 4) is 0 Å². The van der Waals surface area contributed by atoms with Crippen LogP contribution in [0.2, 0.25) is 0 Å². The number of esters is 2. The Kier molecular flexibility index (Phi) is 4.84. The van der Waals surface area contributed by atoms with E-state index in [1.165, 1.54) is 25.5 Å². The quantitative estimate of drug-likeness (QED) is 0.712. The molecule has 2 heterocycles. The molecule has 1 spiro atoms. The Balaban J connectivity index is 1.86. The second-order valence-electron chi connectivity index (χ2n) is 9.66.